The topological polar surface area (TPSA) is 108 Å². The third kappa shape index (κ3) is 39.4. The Bertz CT molecular complexity index is 1110. The van der Waals surface area contributed by atoms with Crippen LogP contribution in [-0.2, 0) is 32.7 Å². The summed E-state index contributed by atoms with van der Waals surface area (Å²) in [7, 11) is 1.40. The van der Waals surface area contributed by atoms with Crippen LogP contribution in [0.5, 0.6) is 0 Å². The van der Waals surface area contributed by atoms with Crippen LogP contribution in [0, 0.1) is 0 Å². The molecule has 54 heavy (non-hydrogen) atoms. The summed E-state index contributed by atoms with van der Waals surface area (Å²) in [6, 6.07) is 0. The van der Waals surface area contributed by atoms with Gasteiger partial charge in [-0.2, -0.15) is 0 Å². The summed E-state index contributed by atoms with van der Waals surface area (Å²) in [4.78, 5) is 35.2. The third-order valence-corrected chi connectivity index (χ3v) is 9.62. The van der Waals surface area contributed by atoms with E-state index in [1.807, 2.05) is 33.3 Å². The number of nitrogens with zero attached hydrogens (tertiary/aromatic N) is 1. The van der Waals surface area contributed by atoms with E-state index in [2.05, 4.69) is 50.3 Å². The first-order valence-corrected chi connectivity index (χ1v) is 22.5. The van der Waals surface area contributed by atoms with Crippen LogP contribution < -0.4 is 0 Å². The molecule has 1 N–H and O–H groups in total. The molecule has 0 spiro atoms. The van der Waals surface area contributed by atoms with Gasteiger partial charge >= 0.3 is 19.8 Å². The van der Waals surface area contributed by atoms with Gasteiger partial charge < -0.3 is 18.9 Å². The number of allylic oxidation sites excluding steroid dienone is 9. The van der Waals surface area contributed by atoms with Gasteiger partial charge in [0.05, 0.1) is 27.7 Å². The zero-order chi connectivity index (χ0) is 40.0. The van der Waals surface area contributed by atoms with Crippen molar-refractivity contribution in [3.05, 3.63) is 60.8 Å². The normalized spacial score (nSPS) is 14.3. The molecule has 0 radical (unpaired) electrons. The molecular formula is C44H79NO8P+. The average Bonchev–Trinajstić information content (AvgIpc) is 3.12. The SMILES string of the molecule is CC/C=C/C/C=C/C/C=C/CCCCCCCC(=O)OC[C@H](COP(=O)(O)OCC[N+](C)(C)C)OC(=O)/C=C/C=C/CCCCCCCCCCCCC. The fourth-order valence-electron chi connectivity index (χ4n) is 5.35. The molecule has 312 valence electrons. The number of hydrogen-bond acceptors (Lipinski definition) is 7. The predicted octanol–water partition coefficient (Wildman–Crippen LogP) is 11.7. The van der Waals surface area contributed by atoms with E-state index < -0.39 is 32.5 Å². The van der Waals surface area contributed by atoms with Crippen molar-refractivity contribution in [1.82, 2.24) is 0 Å². The highest BCUT2D eigenvalue weighted by Gasteiger charge is 2.26. The number of carbonyl (C=O) groups excluding carboxylic acids is 2. The van der Waals surface area contributed by atoms with E-state index >= 15 is 0 Å². The van der Waals surface area contributed by atoms with Crippen molar-refractivity contribution >= 4 is 19.8 Å². The van der Waals surface area contributed by atoms with E-state index in [1.165, 1.54) is 70.3 Å². The fourth-order valence-corrected chi connectivity index (χ4v) is 6.09. The summed E-state index contributed by atoms with van der Waals surface area (Å²) in [6.45, 7) is 4.15. The quantitative estimate of drug-likeness (QED) is 0.0126. The second kappa shape index (κ2) is 36.4. The van der Waals surface area contributed by atoms with Gasteiger partial charge in [0.1, 0.15) is 19.8 Å². The van der Waals surface area contributed by atoms with E-state index in [0.717, 1.165) is 64.2 Å². The van der Waals surface area contributed by atoms with Crippen LogP contribution in [0.3, 0.4) is 0 Å². The molecule has 0 saturated heterocycles. The lowest BCUT2D eigenvalue weighted by Crippen LogP contribution is -2.37. The van der Waals surface area contributed by atoms with E-state index in [0.29, 0.717) is 17.4 Å². The maximum atomic E-state index is 12.6. The second-order valence-electron chi connectivity index (χ2n) is 15.1. The minimum Gasteiger partial charge on any atom is -0.462 e. The lowest BCUT2D eigenvalue weighted by atomic mass is 10.1. The molecule has 9 nitrogen and oxygen atoms in total. The predicted molar refractivity (Wildman–Crippen MR) is 224 cm³/mol. The van der Waals surface area contributed by atoms with Crippen LogP contribution in [0.2, 0.25) is 0 Å². The second-order valence-corrected chi connectivity index (χ2v) is 16.5. The molecule has 10 heteroatoms. The molecule has 0 rings (SSSR count). The Morgan fingerprint density at radius 1 is 0.648 bits per heavy atom. The maximum absolute atomic E-state index is 12.6. The van der Waals surface area contributed by atoms with E-state index in [9.17, 15) is 19.0 Å². The Balaban J connectivity index is 4.53. The summed E-state index contributed by atoms with van der Waals surface area (Å²) in [5, 5.41) is 0. The molecule has 0 aliphatic rings. The van der Waals surface area contributed by atoms with Crippen molar-refractivity contribution in [2.24, 2.45) is 0 Å². The highest BCUT2D eigenvalue weighted by molar-refractivity contribution is 7.47. The van der Waals surface area contributed by atoms with Crippen LogP contribution in [0.25, 0.3) is 0 Å². The molecule has 0 heterocycles. The number of esters is 2. The Kier molecular flexibility index (Phi) is 34.8. The molecule has 0 aliphatic carbocycles. The Morgan fingerprint density at radius 2 is 1.19 bits per heavy atom. The highest BCUT2D eigenvalue weighted by Crippen LogP contribution is 2.43. The van der Waals surface area contributed by atoms with Gasteiger partial charge in [0.15, 0.2) is 6.10 Å². The van der Waals surface area contributed by atoms with Crippen molar-refractivity contribution in [3.8, 4) is 0 Å². The van der Waals surface area contributed by atoms with Crippen LogP contribution >= 0.6 is 7.82 Å². The first kappa shape index (κ1) is 51.7. The number of ether oxygens (including phenoxy) is 2. The Morgan fingerprint density at radius 3 is 1.78 bits per heavy atom. The molecule has 0 aromatic rings. The van der Waals surface area contributed by atoms with Gasteiger partial charge in [0.25, 0.3) is 0 Å². The van der Waals surface area contributed by atoms with E-state index in [1.54, 1.807) is 6.08 Å². The molecule has 0 amide bonds. The van der Waals surface area contributed by atoms with Crippen LogP contribution in [0.1, 0.15) is 155 Å². The largest absolute Gasteiger partial charge is 0.472 e. The highest BCUT2D eigenvalue weighted by atomic mass is 31.2. The number of rotatable bonds is 37. The zero-order valence-electron chi connectivity index (χ0n) is 34.9. The van der Waals surface area contributed by atoms with Crippen molar-refractivity contribution in [1.29, 1.82) is 0 Å². The summed E-state index contributed by atoms with van der Waals surface area (Å²) in [5.74, 6) is -1.08. The fraction of sp³-hybridized carbons (Fsp3) is 0.727. The summed E-state index contributed by atoms with van der Waals surface area (Å²) < 4.78 is 34.0. The molecule has 0 aromatic heterocycles. The van der Waals surface area contributed by atoms with Gasteiger partial charge in [-0.25, -0.2) is 9.36 Å². The summed E-state index contributed by atoms with van der Waals surface area (Å²) in [5.41, 5.74) is 0. The molecule has 0 aromatic carbocycles. The molecular weight excluding hydrogens is 701 g/mol. The molecule has 0 saturated carbocycles. The number of hydrogen-bond donors (Lipinski definition) is 1. The molecule has 0 fully saturated rings. The number of phosphoric ester groups is 1. The van der Waals surface area contributed by atoms with Crippen LogP contribution in [0.15, 0.2) is 60.8 Å². The van der Waals surface area contributed by atoms with Crippen LogP contribution in [0.4, 0.5) is 0 Å². The third-order valence-electron chi connectivity index (χ3n) is 8.64. The Labute approximate surface area is 330 Å². The lowest BCUT2D eigenvalue weighted by Gasteiger charge is -2.24. The zero-order valence-corrected chi connectivity index (χ0v) is 35.8. The summed E-state index contributed by atoms with van der Waals surface area (Å²) >= 11 is 0. The van der Waals surface area contributed by atoms with Gasteiger partial charge in [-0.3, -0.25) is 13.8 Å². The number of unbranched alkanes of at least 4 members (excludes halogenated alkanes) is 16. The van der Waals surface area contributed by atoms with Gasteiger partial charge in [-0.1, -0.05) is 152 Å². The van der Waals surface area contributed by atoms with E-state index in [4.69, 9.17) is 18.5 Å². The van der Waals surface area contributed by atoms with E-state index in [-0.39, 0.29) is 19.6 Å². The molecule has 0 bridgehead atoms. The smallest absolute Gasteiger partial charge is 0.462 e. The minimum atomic E-state index is -4.40. The minimum absolute atomic E-state index is 0.0106. The lowest BCUT2D eigenvalue weighted by molar-refractivity contribution is -0.870. The van der Waals surface area contributed by atoms with Gasteiger partial charge in [0.2, 0.25) is 0 Å². The number of quaternary nitrogens is 1. The maximum Gasteiger partial charge on any atom is 0.472 e. The first-order chi connectivity index (χ1) is 26.0. The number of likely N-dealkylation sites (N-methyl/N-ethyl adjacent to an activating group) is 1. The van der Waals surface area contributed by atoms with Gasteiger partial charge in [-0.05, 0) is 51.4 Å². The first-order valence-electron chi connectivity index (χ1n) is 21.1. The molecule has 0 aliphatic heterocycles. The monoisotopic (exact) mass is 781 g/mol. The van der Waals surface area contributed by atoms with Crippen molar-refractivity contribution in [2.45, 2.75) is 161 Å². The van der Waals surface area contributed by atoms with Crippen molar-refractivity contribution < 1.29 is 42.1 Å². The van der Waals surface area contributed by atoms with Crippen molar-refractivity contribution in [3.63, 3.8) is 0 Å². The molecule has 2 atom stereocenters. The summed E-state index contributed by atoms with van der Waals surface area (Å²) in [6.07, 6.45) is 43.3. The standard InChI is InChI=1S/C44H78NO8P/c1-6-8-10-12-14-16-18-20-22-24-26-28-30-32-34-36-43(46)50-40-42(41-52-54(48,49)51-39-38-45(3,4)5)53-44(47)37-35-33-31-29-27-25-23-21-19-17-15-13-11-9-7-2/h8,10,14,16,20,22,31,33,35,37,42H,6-7,9,11-13,15,17-19,21,23-30,32,34,36,38-41H2,1-5H3/p+1/b10-8+,16-14+,22-20+,33-31+,37-35+/t42-/m1/s1. The van der Waals surface area contributed by atoms with Gasteiger partial charge in [-0.15, -0.1) is 0 Å². The number of phosphoric acid groups is 1. The Hall–Kier alpha value is -2.29. The average molecular weight is 781 g/mol. The van der Waals surface area contributed by atoms with Crippen LogP contribution in [-0.4, -0.2) is 74.9 Å². The van der Waals surface area contributed by atoms with Gasteiger partial charge in [0, 0.05) is 12.5 Å². The number of carbonyl (C=O) groups is 2. The van der Waals surface area contributed by atoms with Crippen molar-refractivity contribution in [2.75, 3.05) is 47.5 Å². The molecule has 1 unspecified atom stereocenters.